The maximum Gasteiger partial charge on any atom is 0.137 e. The van der Waals surface area contributed by atoms with Gasteiger partial charge in [0.2, 0.25) is 0 Å². The zero-order chi connectivity index (χ0) is 18.6. The van der Waals surface area contributed by atoms with Gasteiger partial charge in [-0.1, -0.05) is 48.5 Å². The molecule has 0 saturated carbocycles. The number of aryl methyl sites for hydroxylation is 1. The van der Waals surface area contributed by atoms with Gasteiger partial charge in [0.25, 0.3) is 0 Å². The molecule has 0 bridgehead atoms. The molecule has 4 rings (SSSR count). The Morgan fingerprint density at radius 1 is 0.963 bits per heavy atom. The summed E-state index contributed by atoms with van der Waals surface area (Å²) in [5, 5.41) is 12.8. The summed E-state index contributed by atoms with van der Waals surface area (Å²) in [5.41, 5.74) is 7.26. The van der Waals surface area contributed by atoms with Gasteiger partial charge in [-0.25, -0.2) is 4.98 Å². The quantitative estimate of drug-likeness (QED) is 0.576. The summed E-state index contributed by atoms with van der Waals surface area (Å²) >= 11 is 0. The first kappa shape index (κ1) is 17.0. The van der Waals surface area contributed by atoms with Crippen molar-refractivity contribution in [1.82, 2.24) is 14.7 Å². The third-order valence-corrected chi connectivity index (χ3v) is 4.75. The molecule has 0 amide bonds. The average Bonchev–Trinajstić information content (AvgIpc) is 3.13. The van der Waals surface area contributed by atoms with E-state index in [1.54, 1.807) is 0 Å². The van der Waals surface area contributed by atoms with Crippen LogP contribution in [0, 0.1) is 18.3 Å². The molecule has 0 fully saturated rings. The fraction of sp³-hybridized carbons (Fsp3) is 0.130. The van der Waals surface area contributed by atoms with Crippen molar-refractivity contribution in [2.45, 2.75) is 20.0 Å². The Hall–Kier alpha value is -3.42. The van der Waals surface area contributed by atoms with Crippen LogP contribution in [0.4, 0.5) is 0 Å². The van der Waals surface area contributed by atoms with E-state index >= 15 is 0 Å². The first-order valence-corrected chi connectivity index (χ1v) is 8.97. The van der Waals surface area contributed by atoms with Crippen molar-refractivity contribution in [2.75, 3.05) is 0 Å². The number of benzene rings is 2. The van der Waals surface area contributed by atoms with Gasteiger partial charge in [0.05, 0.1) is 23.5 Å². The molecule has 2 aromatic carbocycles. The van der Waals surface area contributed by atoms with Gasteiger partial charge in [-0.2, -0.15) is 5.26 Å². The van der Waals surface area contributed by atoms with Crippen LogP contribution in [0.3, 0.4) is 0 Å². The lowest BCUT2D eigenvalue weighted by Crippen LogP contribution is -2.14. The minimum Gasteiger partial charge on any atom is -0.307 e. The number of fused-ring (bicyclic) bond motifs is 1. The van der Waals surface area contributed by atoms with E-state index in [-0.39, 0.29) is 0 Å². The number of rotatable bonds is 5. The van der Waals surface area contributed by atoms with E-state index in [0.29, 0.717) is 5.56 Å². The zero-order valence-corrected chi connectivity index (χ0v) is 15.2. The summed E-state index contributed by atoms with van der Waals surface area (Å²) in [6, 6.07) is 24.5. The van der Waals surface area contributed by atoms with Crippen LogP contribution in [0.25, 0.3) is 16.8 Å². The summed E-state index contributed by atoms with van der Waals surface area (Å²) in [6.45, 7) is 3.63. The highest BCUT2D eigenvalue weighted by molar-refractivity contribution is 5.70. The molecule has 2 heterocycles. The monoisotopic (exact) mass is 352 g/mol. The molecular weight excluding hydrogens is 332 g/mol. The molecule has 0 aliphatic rings. The molecule has 0 spiro atoms. The predicted octanol–water partition coefficient (Wildman–Crippen LogP) is 4.47. The molecule has 4 nitrogen and oxygen atoms in total. The summed E-state index contributed by atoms with van der Waals surface area (Å²) in [5.74, 6) is 0. The van der Waals surface area contributed by atoms with Gasteiger partial charge in [-0.05, 0) is 41.8 Å². The minimum absolute atomic E-state index is 0.700. The van der Waals surface area contributed by atoms with E-state index in [1.807, 2.05) is 42.6 Å². The number of nitriles is 1. The molecule has 4 aromatic rings. The molecule has 0 radical (unpaired) electrons. The van der Waals surface area contributed by atoms with Gasteiger partial charge >= 0.3 is 0 Å². The largest absolute Gasteiger partial charge is 0.307 e. The highest BCUT2D eigenvalue weighted by atomic mass is 15.0. The molecular formula is C23H20N4. The fourth-order valence-corrected chi connectivity index (χ4v) is 3.37. The van der Waals surface area contributed by atoms with E-state index < -0.39 is 0 Å². The molecule has 0 unspecified atom stereocenters. The summed E-state index contributed by atoms with van der Waals surface area (Å²) in [4.78, 5) is 4.46. The number of nitrogens with zero attached hydrogens (tertiary/aromatic N) is 3. The minimum atomic E-state index is 0.700. The van der Waals surface area contributed by atoms with Crippen LogP contribution in [-0.2, 0) is 13.1 Å². The van der Waals surface area contributed by atoms with Crippen LogP contribution < -0.4 is 5.32 Å². The summed E-state index contributed by atoms with van der Waals surface area (Å²) in [6.07, 6.45) is 1.93. The standard InChI is InChI=1S/C23H20N4/c1-17-5-4-8-23-26-16-21(27(17)23)15-25-14-18-9-11-19(12-10-18)22-7-3-2-6-20(22)13-24/h2-12,16,25H,14-15H2,1H3. The molecule has 0 atom stereocenters. The van der Waals surface area contributed by atoms with Crippen LogP contribution >= 0.6 is 0 Å². The third kappa shape index (κ3) is 3.46. The van der Waals surface area contributed by atoms with E-state index in [9.17, 15) is 5.26 Å². The maximum absolute atomic E-state index is 9.27. The Morgan fingerprint density at radius 2 is 1.78 bits per heavy atom. The van der Waals surface area contributed by atoms with E-state index in [0.717, 1.165) is 35.6 Å². The lowest BCUT2D eigenvalue weighted by Gasteiger charge is -2.09. The number of nitrogens with one attached hydrogen (secondary N) is 1. The number of aromatic nitrogens is 2. The average molecular weight is 352 g/mol. The highest BCUT2D eigenvalue weighted by Crippen LogP contribution is 2.23. The Bertz CT molecular complexity index is 1120. The third-order valence-electron chi connectivity index (χ3n) is 4.75. The van der Waals surface area contributed by atoms with Gasteiger partial charge in [-0.3, -0.25) is 0 Å². The van der Waals surface area contributed by atoms with E-state index in [1.165, 1.54) is 11.3 Å². The smallest absolute Gasteiger partial charge is 0.137 e. The normalized spacial score (nSPS) is 10.8. The molecule has 4 heteroatoms. The van der Waals surface area contributed by atoms with Gasteiger partial charge in [0.15, 0.2) is 0 Å². The van der Waals surface area contributed by atoms with E-state index in [2.05, 4.69) is 58.0 Å². The number of imidazole rings is 1. The molecule has 27 heavy (non-hydrogen) atoms. The summed E-state index contributed by atoms with van der Waals surface area (Å²) < 4.78 is 2.18. The first-order chi connectivity index (χ1) is 13.3. The van der Waals surface area contributed by atoms with Crippen molar-refractivity contribution in [1.29, 1.82) is 5.26 Å². The highest BCUT2D eigenvalue weighted by Gasteiger charge is 2.06. The van der Waals surface area contributed by atoms with Crippen LogP contribution in [0.5, 0.6) is 0 Å². The topological polar surface area (TPSA) is 53.1 Å². The van der Waals surface area contributed by atoms with Crippen molar-refractivity contribution in [3.8, 4) is 17.2 Å². The Kier molecular flexibility index (Phi) is 4.69. The second-order valence-electron chi connectivity index (χ2n) is 6.57. The molecule has 2 aromatic heterocycles. The van der Waals surface area contributed by atoms with Gasteiger partial charge < -0.3 is 9.72 Å². The Morgan fingerprint density at radius 3 is 2.59 bits per heavy atom. The number of hydrogen-bond acceptors (Lipinski definition) is 3. The van der Waals surface area contributed by atoms with Crippen molar-refractivity contribution in [2.24, 2.45) is 0 Å². The van der Waals surface area contributed by atoms with Gasteiger partial charge in [-0.15, -0.1) is 0 Å². The second-order valence-corrected chi connectivity index (χ2v) is 6.57. The van der Waals surface area contributed by atoms with Gasteiger partial charge in [0.1, 0.15) is 5.65 Å². The number of pyridine rings is 1. The van der Waals surface area contributed by atoms with E-state index in [4.69, 9.17) is 0 Å². The van der Waals surface area contributed by atoms with Crippen LogP contribution in [0.1, 0.15) is 22.5 Å². The second kappa shape index (κ2) is 7.45. The molecule has 0 aliphatic carbocycles. The Balaban J connectivity index is 1.44. The van der Waals surface area contributed by atoms with Crippen molar-refractivity contribution >= 4 is 5.65 Å². The SMILES string of the molecule is Cc1cccc2ncc(CNCc3ccc(-c4ccccc4C#N)cc3)n12. The molecule has 132 valence electrons. The van der Waals surface area contributed by atoms with Crippen molar-refractivity contribution in [3.63, 3.8) is 0 Å². The van der Waals surface area contributed by atoms with Crippen molar-refractivity contribution < 1.29 is 0 Å². The zero-order valence-electron chi connectivity index (χ0n) is 15.2. The first-order valence-electron chi connectivity index (χ1n) is 8.97. The molecule has 0 aliphatic heterocycles. The predicted molar refractivity (Wildman–Crippen MR) is 107 cm³/mol. The lowest BCUT2D eigenvalue weighted by molar-refractivity contribution is 0.673. The van der Waals surface area contributed by atoms with Crippen LogP contribution in [0.2, 0.25) is 0 Å². The lowest BCUT2D eigenvalue weighted by atomic mass is 9.99. The molecule has 1 N–H and O–H groups in total. The maximum atomic E-state index is 9.27. The summed E-state index contributed by atoms with van der Waals surface area (Å²) in [7, 11) is 0. The molecule has 0 saturated heterocycles. The van der Waals surface area contributed by atoms with Crippen LogP contribution in [-0.4, -0.2) is 9.38 Å². The van der Waals surface area contributed by atoms with Crippen molar-refractivity contribution in [3.05, 3.63) is 95.4 Å². The number of hydrogen-bond donors (Lipinski definition) is 1. The van der Waals surface area contributed by atoms with Gasteiger partial charge in [0, 0.05) is 18.8 Å². The van der Waals surface area contributed by atoms with Crippen LogP contribution in [0.15, 0.2) is 72.9 Å². The Labute approximate surface area is 158 Å². The fourth-order valence-electron chi connectivity index (χ4n) is 3.37.